The Balaban J connectivity index is 1.78. The van der Waals surface area contributed by atoms with Crippen LogP contribution in [-0.4, -0.2) is 69.5 Å². The Kier molecular flexibility index (Phi) is 13.3. The first-order chi connectivity index (χ1) is 13.9. The minimum absolute atomic E-state index is 0.244. The minimum atomic E-state index is -0.460. The minimum Gasteiger partial charge on any atom is -0.508 e. The SMILES string of the molecule is CC(C)(C)OC(=O)CCOCCOCCOCCOCCCc1cccc(O)c1. The first kappa shape index (κ1) is 25.4. The molecule has 1 N–H and O–H groups in total. The van der Waals surface area contributed by atoms with Crippen molar-refractivity contribution in [2.24, 2.45) is 0 Å². The van der Waals surface area contributed by atoms with Crippen LogP contribution >= 0.6 is 0 Å². The smallest absolute Gasteiger partial charge is 0.308 e. The summed E-state index contributed by atoms with van der Waals surface area (Å²) in [6, 6.07) is 7.28. The van der Waals surface area contributed by atoms with Gasteiger partial charge in [0.2, 0.25) is 0 Å². The highest BCUT2D eigenvalue weighted by atomic mass is 16.6. The lowest BCUT2D eigenvalue weighted by Gasteiger charge is -2.19. The lowest BCUT2D eigenvalue weighted by atomic mass is 10.1. The van der Waals surface area contributed by atoms with Crippen LogP contribution in [-0.2, 0) is 34.9 Å². The number of benzene rings is 1. The van der Waals surface area contributed by atoms with Crippen molar-refractivity contribution < 1.29 is 33.6 Å². The number of esters is 1. The Labute approximate surface area is 174 Å². The molecule has 7 heteroatoms. The van der Waals surface area contributed by atoms with Crippen molar-refractivity contribution in [3.8, 4) is 5.75 Å². The zero-order chi connectivity index (χ0) is 21.4. The Bertz CT molecular complexity index is 554. The molecule has 1 aromatic rings. The van der Waals surface area contributed by atoms with Gasteiger partial charge in [0, 0.05) is 6.61 Å². The van der Waals surface area contributed by atoms with Gasteiger partial charge in [0.25, 0.3) is 0 Å². The maximum atomic E-state index is 11.5. The molecule has 0 aliphatic heterocycles. The molecular weight excluding hydrogens is 376 g/mol. The fourth-order valence-corrected chi connectivity index (χ4v) is 2.40. The van der Waals surface area contributed by atoms with Gasteiger partial charge in [0.15, 0.2) is 0 Å². The molecule has 1 rings (SSSR count). The first-order valence-corrected chi connectivity index (χ1v) is 10.2. The zero-order valence-electron chi connectivity index (χ0n) is 18.0. The monoisotopic (exact) mass is 412 g/mol. The molecule has 0 heterocycles. The third-order valence-corrected chi connectivity index (χ3v) is 3.65. The molecule has 0 fully saturated rings. The van der Waals surface area contributed by atoms with Crippen molar-refractivity contribution >= 4 is 5.97 Å². The standard InChI is InChI=1S/C22H36O7/c1-22(2,3)29-21(24)9-11-26-13-15-28-17-16-27-14-12-25-10-5-7-19-6-4-8-20(23)18-19/h4,6,8,18,23H,5,7,9-17H2,1-3H3. The van der Waals surface area contributed by atoms with Crippen molar-refractivity contribution in [1.82, 2.24) is 0 Å². The van der Waals surface area contributed by atoms with Crippen LogP contribution in [0.5, 0.6) is 5.75 Å². The van der Waals surface area contributed by atoms with Gasteiger partial charge in [-0.1, -0.05) is 12.1 Å². The number of carbonyl (C=O) groups is 1. The first-order valence-electron chi connectivity index (χ1n) is 10.2. The van der Waals surface area contributed by atoms with E-state index in [0.29, 0.717) is 58.6 Å². The molecule has 166 valence electrons. The highest BCUT2D eigenvalue weighted by Gasteiger charge is 2.15. The van der Waals surface area contributed by atoms with E-state index in [0.717, 1.165) is 18.4 Å². The average Bonchev–Trinajstić information content (AvgIpc) is 2.63. The number of phenols is 1. The van der Waals surface area contributed by atoms with Crippen molar-refractivity contribution in [3.63, 3.8) is 0 Å². The summed E-state index contributed by atoms with van der Waals surface area (Å²) in [5.41, 5.74) is 0.647. The maximum absolute atomic E-state index is 11.5. The number of rotatable bonds is 16. The Morgan fingerprint density at radius 3 is 1.97 bits per heavy atom. The summed E-state index contributed by atoms with van der Waals surface area (Å²) >= 11 is 0. The van der Waals surface area contributed by atoms with E-state index < -0.39 is 5.60 Å². The normalized spacial score (nSPS) is 11.6. The molecule has 0 saturated carbocycles. The fourth-order valence-electron chi connectivity index (χ4n) is 2.40. The number of phenolic OH excluding ortho intramolecular Hbond substituents is 1. The summed E-state index contributed by atoms with van der Waals surface area (Å²) in [5.74, 6) is 0.0415. The van der Waals surface area contributed by atoms with Crippen molar-refractivity contribution in [2.45, 2.75) is 45.6 Å². The molecule has 0 unspecified atom stereocenters. The molecule has 29 heavy (non-hydrogen) atoms. The molecule has 0 atom stereocenters. The van der Waals surface area contributed by atoms with Gasteiger partial charge >= 0.3 is 5.97 Å². The number of aromatic hydroxyl groups is 1. The van der Waals surface area contributed by atoms with E-state index in [2.05, 4.69) is 0 Å². The van der Waals surface area contributed by atoms with Crippen LogP contribution in [0.2, 0.25) is 0 Å². The third-order valence-electron chi connectivity index (χ3n) is 3.65. The van der Waals surface area contributed by atoms with Crippen LogP contribution < -0.4 is 0 Å². The summed E-state index contributed by atoms with van der Waals surface area (Å²) in [6.07, 6.45) is 2.03. The molecule has 0 aliphatic rings. The van der Waals surface area contributed by atoms with Crippen LogP contribution in [0.25, 0.3) is 0 Å². The largest absolute Gasteiger partial charge is 0.508 e. The number of aryl methyl sites for hydroxylation is 1. The number of carbonyl (C=O) groups excluding carboxylic acids is 1. The second kappa shape index (κ2) is 15.2. The lowest BCUT2D eigenvalue weighted by molar-refractivity contribution is -0.156. The molecule has 0 aliphatic carbocycles. The van der Waals surface area contributed by atoms with Gasteiger partial charge in [0.1, 0.15) is 11.4 Å². The maximum Gasteiger partial charge on any atom is 0.308 e. The number of hydrogen-bond donors (Lipinski definition) is 1. The Morgan fingerprint density at radius 1 is 0.862 bits per heavy atom. The van der Waals surface area contributed by atoms with Gasteiger partial charge in [-0.25, -0.2) is 0 Å². The molecular formula is C22H36O7. The van der Waals surface area contributed by atoms with E-state index in [9.17, 15) is 9.90 Å². The topological polar surface area (TPSA) is 83.5 Å². The molecule has 0 saturated heterocycles. The van der Waals surface area contributed by atoms with Gasteiger partial charge < -0.3 is 28.8 Å². The molecule has 0 amide bonds. The fraction of sp³-hybridized carbons (Fsp3) is 0.682. The highest BCUT2D eigenvalue weighted by molar-refractivity contribution is 5.69. The van der Waals surface area contributed by atoms with E-state index in [-0.39, 0.29) is 12.4 Å². The highest BCUT2D eigenvalue weighted by Crippen LogP contribution is 2.12. The van der Waals surface area contributed by atoms with Gasteiger partial charge in [0.05, 0.1) is 52.7 Å². The van der Waals surface area contributed by atoms with Crippen molar-refractivity contribution in [2.75, 3.05) is 52.9 Å². The van der Waals surface area contributed by atoms with Crippen LogP contribution in [0, 0.1) is 0 Å². The molecule has 1 aromatic carbocycles. The quantitative estimate of drug-likeness (QED) is 0.330. The van der Waals surface area contributed by atoms with E-state index in [1.165, 1.54) is 0 Å². The van der Waals surface area contributed by atoms with Crippen LogP contribution in [0.3, 0.4) is 0 Å². The zero-order valence-corrected chi connectivity index (χ0v) is 18.0. The predicted molar refractivity (Wildman–Crippen MR) is 110 cm³/mol. The van der Waals surface area contributed by atoms with E-state index >= 15 is 0 Å². The van der Waals surface area contributed by atoms with Crippen LogP contribution in [0.1, 0.15) is 39.2 Å². The van der Waals surface area contributed by atoms with Crippen molar-refractivity contribution in [1.29, 1.82) is 0 Å². The lowest BCUT2D eigenvalue weighted by Crippen LogP contribution is -2.24. The van der Waals surface area contributed by atoms with E-state index in [1.807, 2.05) is 32.9 Å². The van der Waals surface area contributed by atoms with Gasteiger partial charge in [-0.05, 0) is 51.3 Å². The van der Waals surface area contributed by atoms with Crippen LogP contribution in [0.15, 0.2) is 24.3 Å². The number of hydrogen-bond acceptors (Lipinski definition) is 7. The Morgan fingerprint density at radius 2 is 1.41 bits per heavy atom. The predicted octanol–water partition coefficient (Wildman–Crippen LogP) is 3.12. The average molecular weight is 413 g/mol. The third kappa shape index (κ3) is 15.9. The van der Waals surface area contributed by atoms with E-state index in [1.54, 1.807) is 12.1 Å². The number of ether oxygens (including phenoxy) is 5. The summed E-state index contributed by atoms with van der Waals surface area (Å²) in [6.45, 7) is 9.49. The molecule has 0 radical (unpaired) electrons. The summed E-state index contributed by atoms with van der Waals surface area (Å²) in [7, 11) is 0. The van der Waals surface area contributed by atoms with Gasteiger partial charge in [-0.3, -0.25) is 4.79 Å². The van der Waals surface area contributed by atoms with Gasteiger partial charge in [-0.15, -0.1) is 0 Å². The molecule has 0 aromatic heterocycles. The second-order valence-corrected chi connectivity index (χ2v) is 7.56. The molecule has 7 nitrogen and oxygen atoms in total. The summed E-state index contributed by atoms with van der Waals surface area (Å²) < 4.78 is 26.9. The van der Waals surface area contributed by atoms with Crippen LogP contribution in [0.4, 0.5) is 0 Å². The van der Waals surface area contributed by atoms with Gasteiger partial charge in [-0.2, -0.15) is 0 Å². The molecule has 0 bridgehead atoms. The second-order valence-electron chi connectivity index (χ2n) is 7.56. The van der Waals surface area contributed by atoms with Crippen molar-refractivity contribution in [3.05, 3.63) is 29.8 Å². The summed E-state index contributed by atoms with van der Waals surface area (Å²) in [4.78, 5) is 11.5. The molecule has 0 spiro atoms. The van der Waals surface area contributed by atoms with E-state index in [4.69, 9.17) is 23.7 Å². The summed E-state index contributed by atoms with van der Waals surface area (Å²) in [5, 5.41) is 9.40. The Hall–Kier alpha value is -1.67.